The summed E-state index contributed by atoms with van der Waals surface area (Å²) in [6.07, 6.45) is 0. The van der Waals surface area contributed by atoms with Crippen LogP contribution in [-0.4, -0.2) is 10.0 Å². The molecule has 0 aliphatic heterocycles. The standard InChI is InChI=1S/C14H13FN2O3/c1-9-2-4-12(15)10(6-9)8-16-13-5-3-11(18)7-14(13)17(19)20/h2-7,16,18H,8H2,1H3. The highest BCUT2D eigenvalue weighted by atomic mass is 19.1. The number of rotatable bonds is 4. The Kier molecular flexibility index (Phi) is 3.84. The van der Waals surface area contributed by atoms with Gasteiger partial charge in [0.1, 0.15) is 17.3 Å². The van der Waals surface area contributed by atoms with Gasteiger partial charge in [-0.1, -0.05) is 17.7 Å². The van der Waals surface area contributed by atoms with Crippen molar-refractivity contribution in [3.63, 3.8) is 0 Å². The highest BCUT2D eigenvalue weighted by Gasteiger charge is 2.14. The summed E-state index contributed by atoms with van der Waals surface area (Å²) in [6.45, 7) is 1.96. The molecule has 20 heavy (non-hydrogen) atoms. The van der Waals surface area contributed by atoms with Gasteiger partial charge in [0.15, 0.2) is 0 Å². The Labute approximate surface area is 114 Å². The molecule has 2 aromatic rings. The summed E-state index contributed by atoms with van der Waals surface area (Å²) in [5, 5.41) is 23.0. The Morgan fingerprint density at radius 3 is 2.75 bits per heavy atom. The minimum atomic E-state index is -0.603. The van der Waals surface area contributed by atoms with Gasteiger partial charge in [0.2, 0.25) is 0 Å². The number of aryl methyl sites for hydroxylation is 1. The monoisotopic (exact) mass is 276 g/mol. The van der Waals surface area contributed by atoms with Crippen LogP contribution in [0.15, 0.2) is 36.4 Å². The molecule has 104 valence electrons. The topological polar surface area (TPSA) is 75.4 Å². The number of nitrogens with one attached hydrogen (secondary N) is 1. The lowest BCUT2D eigenvalue weighted by atomic mass is 10.1. The summed E-state index contributed by atoms with van der Waals surface area (Å²) >= 11 is 0. The SMILES string of the molecule is Cc1ccc(F)c(CNc2ccc(O)cc2[N+](=O)[O-])c1. The van der Waals surface area contributed by atoms with Crippen molar-refractivity contribution in [2.75, 3.05) is 5.32 Å². The average molecular weight is 276 g/mol. The van der Waals surface area contributed by atoms with E-state index in [0.717, 1.165) is 11.6 Å². The lowest BCUT2D eigenvalue weighted by Crippen LogP contribution is -2.04. The molecule has 2 rings (SSSR count). The molecule has 0 saturated heterocycles. The molecule has 0 atom stereocenters. The smallest absolute Gasteiger partial charge is 0.296 e. The quantitative estimate of drug-likeness (QED) is 0.510. The molecule has 0 saturated carbocycles. The first-order chi connectivity index (χ1) is 9.47. The van der Waals surface area contributed by atoms with Crippen LogP contribution in [0.1, 0.15) is 11.1 Å². The van der Waals surface area contributed by atoms with Crippen molar-refractivity contribution < 1.29 is 14.4 Å². The van der Waals surface area contributed by atoms with Crippen LogP contribution in [0, 0.1) is 22.9 Å². The second-order valence-electron chi connectivity index (χ2n) is 4.41. The predicted octanol–water partition coefficient (Wildman–Crippen LogP) is 3.36. The summed E-state index contributed by atoms with van der Waals surface area (Å²) in [4.78, 5) is 10.3. The zero-order valence-electron chi connectivity index (χ0n) is 10.8. The fourth-order valence-corrected chi connectivity index (χ4v) is 1.85. The Morgan fingerprint density at radius 2 is 2.05 bits per heavy atom. The van der Waals surface area contributed by atoms with Crippen LogP contribution in [0.25, 0.3) is 0 Å². The van der Waals surface area contributed by atoms with Crippen molar-refractivity contribution in [2.45, 2.75) is 13.5 Å². The fourth-order valence-electron chi connectivity index (χ4n) is 1.85. The van der Waals surface area contributed by atoms with E-state index in [1.165, 1.54) is 18.2 Å². The number of nitro benzene ring substituents is 1. The van der Waals surface area contributed by atoms with Crippen molar-refractivity contribution >= 4 is 11.4 Å². The van der Waals surface area contributed by atoms with Crippen LogP contribution in [0.4, 0.5) is 15.8 Å². The minimum Gasteiger partial charge on any atom is -0.508 e. The highest BCUT2D eigenvalue weighted by molar-refractivity contribution is 5.63. The number of phenolic OH excluding ortho intramolecular Hbond substituents is 1. The van der Waals surface area contributed by atoms with Crippen LogP contribution in [0.5, 0.6) is 5.75 Å². The molecule has 0 bridgehead atoms. The van der Waals surface area contributed by atoms with Crippen LogP contribution < -0.4 is 5.32 Å². The molecule has 0 spiro atoms. The predicted molar refractivity (Wildman–Crippen MR) is 73.2 cm³/mol. The van der Waals surface area contributed by atoms with Crippen LogP contribution in [-0.2, 0) is 6.54 Å². The maximum absolute atomic E-state index is 13.6. The molecule has 0 unspecified atom stereocenters. The Bertz CT molecular complexity index is 659. The highest BCUT2D eigenvalue weighted by Crippen LogP contribution is 2.28. The van der Waals surface area contributed by atoms with Gasteiger partial charge in [0.25, 0.3) is 5.69 Å². The zero-order valence-corrected chi connectivity index (χ0v) is 10.8. The van der Waals surface area contributed by atoms with Gasteiger partial charge in [-0.3, -0.25) is 10.1 Å². The third kappa shape index (κ3) is 3.03. The van der Waals surface area contributed by atoms with E-state index < -0.39 is 4.92 Å². The Morgan fingerprint density at radius 1 is 1.30 bits per heavy atom. The molecule has 0 fully saturated rings. The molecule has 2 N–H and O–H groups in total. The summed E-state index contributed by atoms with van der Waals surface area (Å²) in [7, 11) is 0. The number of halogens is 1. The van der Waals surface area contributed by atoms with E-state index in [9.17, 15) is 19.6 Å². The first-order valence-electron chi connectivity index (χ1n) is 5.93. The second-order valence-corrected chi connectivity index (χ2v) is 4.41. The molecule has 0 aliphatic carbocycles. The summed E-state index contributed by atoms with van der Waals surface area (Å²) in [5.41, 5.74) is 1.31. The largest absolute Gasteiger partial charge is 0.508 e. The van der Waals surface area contributed by atoms with E-state index >= 15 is 0 Å². The second kappa shape index (κ2) is 5.56. The number of nitro groups is 1. The van der Waals surface area contributed by atoms with E-state index in [0.29, 0.717) is 5.56 Å². The zero-order chi connectivity index (χ0) is 14.7. The van der Waals surface area contributed by atoms with Crippen LogP contribution in [0.3, 0.4) is 0 Å². The van der Waals surface area contributed by atoms with Crippen molar-refractivity contribution in [2.24, 2.45) is 0 Å². The summed E-state index contributed by atoms with van der Waals surface area (Å²) in [5.74, 6) is -0.562. The van der Waals surface area contributed by atoms with E-state index in [4.69, 9.17) is 0 Å². The van der Waals surface area contributed by atoms with Gasteiger partial charge in [-0.15, -0.1) is 0 Å². The lowest BCUT2D eigenvalue weighted by Gasteiger charge is -2.09. The molecule has 2 aromatic carbocycles. The van der Waals surface area contributed by atoms with Crippen molar-refractivity contribution in [3.05, 3.63) is 63.5 Å². The Hall–Kier alpha value is -2.63. The van der Waals surface area contributed by atoms with Gasteiger partial charge in [-0.05, 0) is 25.1 Å². The Balaban J connectivity index is 2.23. The number of hydrogen-bond donors (Lipinski definition) is 2. The van der Waals surface area contributed by atoms with Gasteiger partial charge in [0, 0.05) is 12.1 Å². The normalized spacial score (nSPS) is 10.3. The fraction of sp³-hybridized carbons (Fsp3) is 0.143. The molecule has 0 radical (unpaired) electrons. The molecular weight excluding hydrogens is 263 g/mol. The number of anilines is 1. The maximum Gasteiger partial charge on any atom is 0.296 e. The van der Waals surface area contributed by atoms with Crippen LogP contribution >= 0.6 is 0 Å². The first-order valence-corrected chi connectivity index (χ1v) is 5.93. The molecular formula is C14H13FN2O3. The van der Waals surface area contributed by atoms with Crippen molar-refractivity contribution in [1.82, 2.24) is 0 Å². The van der Waals surface area contributed by atoms with Gasteiger partial charge in [0.05, 0.1) is 11.0 Å². The van der Waals surface area contributed by atoms with Gasteiger partial charge < -0.3 is 10.4 Å². The van der Waals surface area contributed by atoms with Gasteiger partial charge in [-0.2, -0.15) is 0 Å². The minimum absolute atomic E-state index is 0.124. The molecule has 0 aromatic heterocycles. The van der Waals surface area contributed by atoms with E-state index in [2.05, 4.69) is 5.32 Å². The molecule has 5 nitrogen and oxygen atoms in total. The molecule has 6 heteroatoms. The number of hydrogen-bond acceptors (Lipinski definition) is 4. The van der Waals surface area contributed by atoms with Crippen molar-refractivity contribution in [1.29, 1.82) is 0 Å². The average Bonchev–Trinajstić information content (AvgIpc) is 2.40. The summed E-state index contributed by atoms with van der Waals surface area (Å²) in [6, 6.07) is 8.46. The molecule has 0 amide bonds. The number of nitrogens with zero attached hydrogens (tertiary/aromatic N) is 1. The molecule has 0 heterocycles. The van der Waals surface area contributed by atoms with Gasteiger partial charge in [-0.25, -0.2) is 4.39 Å². The maximum atomic E-state index is 13.6. The molecule has 0 aliphatic rings. The van der Waals surface area contributed by atoms with Gasteiger partial charge >= 0.3 is 0 Å². The van der Waals surface area contributed by atoms with Crippen molar-refractivity contribution in [3.8, 4) is 5.75 Å². The van der Waals surface area contributed by atoms with E-state index in [1.807, 2.05) is 6.92 Å². The van der Waals surface area contributed by atoms with E-state index in [1.54, 1.807) is 12.1 Å². The lowest BCUT2D eigenvalue weighted by molar-refractivity contribution is -0.384. The van der Waals surface area contributed by atoms with E-state index in [-0.39, 0.29) is 29.5 Å². The number of phenols is 1. The number of aromatic hydroxyl groups is 1. The summed E-state index contributed by atoms with van der Waals surface area (Å²) < 4.78 is 13.6. The third-order valence-electron chi connectivity index (χ3n) is 2.85. The first kappa shape index (κ1) is 13.8. The third-order valence-corrected chi connectivity index (χ3v) is 2.85. The van der Waals surface area contributed by atoms with Crippen LogP contribution in [0.2, 0.25) is 0 Å². The number of benzene rings is 2.